The highest BCUT2D eigenvalue weighted by Gasteiger charge is 2.33. The minimum Gasteiger partial charge on any atom is -0.309 e. The molecule has 1 aromatic rings. The van der Waals surface area contributed by atoms with Crippen LogP contribution < -0.4 is 5.32 Å². The molecule has 0 saturated carbocycles. The molecule has 1 atom stereocenters. The molecule has 2 rings (SSSR count). The van der Waals surface area contributed by atoms with Crippen molar-refractivity contribution in [3.8, 4) is 0 Å². The van der Waals surface area contributed by atoms with Crippen LogP contribution in [0.1, 0.15) is 28.6 Å². The molecule has 1 nitrogen and oxygen atoms in total. The van der Waals surface area contributed by atoms with Crippen LogP contribution in [0, 0.1) is 0 Å². The normalized spacial score (nSPS) is 22.9. The van der Waals surface area contributed by atoms with Crippen LogP contribution in [-0.2, 0) is 6.18 Å². The molecule has 14 heavy (non-hydrogen) atoms. The lowest BCUT2D eigenvalue weighted by molar-refractivity contribution is -0.134. The lowest BCUT2D eigenvalue weighted by Crippen LogP contribution is -2.11. The van der Waals surface area contributed by atoms with Gasteiger partial charge >= 0.3 is 6.18 Å². The molecular weight excluding hydrogens is 211 g/mol. The van der Waals surface area contributed by atoms with E-state index in [0.29, 0.717) is 0 Å². The topological polar surface area (TPSA) is 12.0 Å². The van der Waals surface area contributed by atoms with Gasteiger partial charge < -0.3 is 5.32 Å². The molecule has 1 saturated heterocycles. The zero-order chi connectivity index (χ0) is 10.2. The van der Waals surface area contributed by atoms with Gasteiger partial charge in [-0.1, -0.05) is 0 Å². The summed E-state index contributed by atoms with van der Waals surface area (Å²) in [6.07, 6.45) is -2.21. The van der Waals surface area contributed by atoms with Gasteiger partial charge in [-0.3, -0.25) is 0 Å². The number of thiophene rings is 1. The fourth-order valence-corrected chi connectivity index (χ4v) is 2.61. The van der Waals surface area contributed by atoms with Crippen LogP contribution in [0.25, 0.3) is 0 Å². The minimum absolute atomic E-state index is 0.135. The van der Waals surface area contributed by atoms with Gasteiger partial charge in [0.2, 0.25) is 0 Å². The van der Waals surface area contributed by atoms with E-state index in [1.807, 2.05) is 0 Å². The number of rotatable bonds is 1. The van der Waals surface area contributed by atoms with Crippen molar-refractivity contribution < 1.29 is 13.2 Å². The molecule has 0 spiro atoms. The van der Waals surface area contributed by atoms with E-state index in [-0.39, 0.29) is 6.04 Å². The molecule has 2 heterocycles. The first kappa shape index (κ1) is 9.98. The molecule has 0 aromatic carbocycles. The van der Waals surface area contributed by atoms with E-state index in [4.69, 9.17) is 0 Å². The molecule has 0 bridgehead atoms. The maximum atomic E-state index is 12.3. The number of hydrogen-bond donors (Lipinski definition) is 1. The first-order chi connectivity index (χ1) is 6.57. The highest BCUT2D eigenvalue weighted by molar-refractivity contribution is 7.12. The molecule has 0 amide bonds. The van der Waals surface area contributed by atoms with Crippen LogP contribution >= 0.6 is 11.3 Å². The maximum absolute atomic E-state index is 12.3. The van der Waals surface area contributed by atoms with Gasteiger partial charge in [0.25, 0.3) is 0 Å². The van der Waals surface area contributed by atoms with Gasteiger partial charge in [0.1, 0.15) is 4.88 Å². The fourth-order valence-electron chi connectivity index (χ4n) is 1.62. The highest BCUT2D eigenvalue weighted by Crippen LogP contribution is 2.38. The summed E-state index contributed by atoms with van der Waals surface area (Å²) in [6.45, 7) is 0.907. The maximum Gasteiger partial charge on any atom is 0.425 e. The summed E-state index contributed by atoms with van der Waals surface area (Å²) < 4.78 is 36.8. The predicted octanol–water partition coefficient (Wildman–Crippen LogP) is 3.19. The largest absolute Gasteiger partial charge is 0.425 e. The quantitative estimate of drug-likeness (QED) is 0.768. The third-order valence-electron chi connectivity index (χ3n) is 2.31. The summed E-state index contributed by atoms with van der Waals surface area (Å²) in [7, 11) is 0. The van der Waals surface area contributed by atoms with Crippen molar-refractivity contribution in [2.75, 3.05) is 6.54 Å². The zero-order valence-corrected chi connectivity index (χ0v) is 8.21. The molecule has 0 aliphatic carbocycles. The molecule has 1 unspecified atom stereocenters. The molecule has 78 valence electrons. The Kier molecular flexibility index (Phi) is 2.53. The first-order valence-corrected chi connectivity index (χ1v) is 5.29. The highest BCUT2D eigenvalue weighted by atomic mass is 32.1. The van der Waals surface area contributed by atoms with Gasteiger partial charge in [-0.25, -0.2) is 0 Å². The third-order valence-corrected chi connectivity index (χ3v) is 3.55. The number of halogens is 3. The number of alkyl halides is 3. The van der Waals surface area contributed by atoms with Crippen molar-refractivity contribution in [1.82, 2.24) is 5.32 Å². The lowest BCUT2D eigenvalue weighted by Gasteiger charge is -2.06. The summed E-state index contributed by atoms with van der Waals surface area (Å²) in [5, 5.41) is 3.18. The Hall–Kier alpha value is -0.550. The van der Waals surface area contributed by atoms with Crippen molar-refractivity contribution in [2.24, 2.45) is 0 Å². The summed E-state index contributed by atoms with van der Waals surface area (Å²) >= 11 is 0.850. The summed E-state index contributed by atoms with van der Waals surface area (Å²) in [6, 6.07) is 2.88. The molecule has 1 aliphatic heterocycles. The van der Waals surface area contributed by atoms with Crippen LogP contribution in [-0.4, -0.2) is 6.54 Å². The van der Waals surface area contributed by atoms with Crippen LogP contribution in [0.2, 0.25) is 0 Å². The Morgan fingerprint density at radius 3 is 2.64 bits per heavy atom. The average molecular weight is 221 g/mol. The molecule has 1 fully saturated rings. The third kappa shape index (κ3) is 1.93. The van der Waals surface area contributed by atoms with Crippen molar-refractivity contribution >= 4 is 11.3 Å². The van der Waals surface area contributed by atoms with Gasteiger partial charge in [-0.2, -0.15) is 13.2 Å². The monoisotopic (exact) mass is 221 g/mol. The summed E-state index contributed by atoms with van der Waals surface area (Å²) in [5.74, 6) is 0. The van der Waals surface area contributed by atoms with Gasteiger partial charge in [-0.05, 0) is 31.5 Å². The Balaban J connectivity index is 2.17. The van der Waals surface area contributed by atoms with Crippen LogP contribution in [0.4, 0.5) is 13.2 Å². The second-order valence-electron chi connectivity index (χ2n) is 3.35. The van der Waals surface area contributed by atoms with E-state index in [0.717, 1.165) is 35.6 Å². The molecule has 1 N–H and O–H groups in total. The van der Waals surface area contributed by atoms with E-state index in [9.17, 15) is 13.2 Å². The average Bonchev–Trinajstić information content (AvgIpc) is 2.73. The van der Waals surface area contributed by atoms with Crippen LogP contribution in [0.15, 0.2) is 12.1 Å². The van der Waals surface area contributed by atoms with Crippen LogP contribution in [0.5, 0.6) is 0 Å². The van der Waals surface area contributed by atoms with Gasteiger partial charge in [-0.15, -0.1) is 11.3 Å². The van der Waals surface area contributed by atoms with Crippen molar-refractivity contribution in [2.45, 2.75) is 25.1 Å². The summed E-state index contributed by atoms with van der Waals surface area (Å²) in [5.41, 5.74) is 0. The molecule has 0 radical (unpaired) electrons. The van der Waals surface area contributed by atoms with Crippen molar-refractivity contribution in [3.63, 3.8) is 0 Å². The van der Waals surface area contributed by atoms with E-state index < -0.39 is 11.1 Å². The summed E-state index contributed by atoms with van der Waals surface area (Å²) in [4.78, 5) is 0.302. The SMILES string of the molecule is FC(F)(F)c1ccc(C2CCCN2)s1. The number of hydrogen-bond acceptors (Lipinski definition) is 2. The predicted molar refractivity (Wildman–Crippen MR) is 49.3 cm³/mol. The smallest absolute Gasteiger partial charge is 0.309 e. The molecule has 5 heteroatoms. The lowest BCUT2D eigenvalue weighted by atomic mass is 10.2. The Bertz CT molecular complexity index is 312. The molecule has 1 aliphatic rings. The van der Waals surface area contributed by atoms with E-state index in [1.54, 1.807) is 6.07 Å². The second kappa shape index (κ2) is 3.55. The Morgan fingerprint density at radius 2 is 2.14 bits per heavy atom. The Labute approximate surface area is 83.9 Å². The zero-order valence-electron chi connectivity index (χ0n) is 7.40. The van der Waals surface area contributed by atoms with Gasteiger partial charge in [0.15, 0.2) is 0 Å². The Morgan fingerprint density at radius 1 is 1.36 bits per heavy atom. The van der Waals surface area contributed by atoms with Crippen LogP contribution in [0.3, 0.4) is 0 Å². The molecular formula is C9H10F3NS. The fraction of sp³-hybridized carbons (Fsp3) is 0.556. The van der Waals surface area contributed by atoms with E-state index >= 15 is 0 Å². The van der Waals surface area contributed by atoms with Gasteiger partial charge in [0.05, 0.1) is 0 Å². The van der Waals surface area contributed by atoms with Crippen molar-refractivity contribution in [3.05, 3.63) is 21.9 Å². The van der Waals surface area contributed by atoms with E-state index in [2.05, 4.69) is 5.32 Å². The number of nitrogens with one attached hydrogen (secondary N) is 1. The minimum atomic E-state index is -4.19. The standard InChI is InChI=1S/C9H10F3NS/c10-9(11,12)8-4-3-7(14-8)6-2-1-5-13-6/h3-4,6,13H,1-2,5H2. The molecule has 1 aromatic heterocycles. The van der Waals surface area contributed by atoms with Crippen molar-refractivity contribution in [1.29, 1.82) is 0 Å². The van der Waals surface area contributed by atoms with E-state index in [1.165, 1.54) is 6.07 Å². The first-order valence-electron chi connectivity index (χ1n) is 4.48. The van der Waals surface area contributed by atoms with Gasteiger partial charge in [0, 0.05) is 10.9 Å². The second-order valence-corrected chi connectivity index (χ2v) is 4.46.